The second kappa shape index (κ2) is 4.63. The molecule has 15 heavy (non-hydrogen) atoms. The molecule has 0 unspecified atom stereocenters. The first-order chi connectivity index (χ1) is 6.50. The summed E-state index contributed by atoms with van der Waals surface area (Å²) in [5.74, 6) is 0. The molecule has 0 aliphatic rings. The van der Waals surface area contributed by atoms with Crippen LogP contribution in [0.25, 0.3) is 10.9 Å². The maximum atomic E-state index is 12.6. The normalized spacial score (nSPS) is 11.5. The van der Waals surface area contributed by atoms with Crippen LogP contribution in [-0.2, 0) is 7.05 Å². The molecule has 6 heteroatoms. The molecule has 0 saturated heterocycles. The Kier molecular flexibility index (Phi) is 4.11. The first-order valence-electron chi connectivity index (χ1n) is 4.24. The van der Waals surface area contributed by atoms with Crippen molar-refractivity contribution in [3.63, 3.8) is 0 Å². The fourth-order valence-corrected chi connectivity index (χ4v) is 1.63. The summed E-state index contributed by atoms with van der Waals surface area (Å²) in [4.78, 5) is 0. The summed E-state index contributed by atoms with van der Waals surface area (Å²) in [6.07, 6.45) is 1.14. The van der Waals surface area contributed by atoms with E-state index in [-0.39, 0.29) is 56.8 Å². The average Bonchev–Trinajstić information content (AvgIpc) is 2.44. The third-order valence-electron chi connectivity index (χ3n) is 2.28. The van der Waals surface area contributed by atoms with E-state index in [0.29, 0.717) is 5.52 Å². The van der Waals surface area contributed by atoms with Crippen molar-refractivity contribution in [1.29, 1.82) is 0 Å². The van der Waals surface area contributed by atoms with Gasteiger partial charge in [0.2, 0.25) is 0 Å². The van der Waals surface area contributed by atoms with Crippen LogP contribution < -0.4 is 56.8 Å². The van der Waals surface area contributed by atoms with Gasteiger partial charge in [-0.2, -0.15) is 0 Å². The van der Waals surface area contributed by atoms with E-state index in [1.807, 2.05) is 0 Å². The van der Waals surface area contributed by atoms with E-state index < -0.39 is 12.4 Å². The maximum absolute atomic E-state index is 12.6. The molecule has 1 nitrogen and oxygen atoms in total. The van der Waals surface area contributed by atoms with E-state index in [1.54, 1.807) is 25.2 Å². The molecule has 74 valence electrons. The number of halogens is 3. The first kappa shape index (κ1) is 13.3. The number of aromatic nitrogens is 1. The fraction of sp³-hybridized carbons (Fsp3) is 0.111. The molecule has 0 amide bonds. The van der Waals surface area contributed by atoms with Crippen molar-refractivity contribution in [3.8, 4) is 0 Å². The van der Waals surface area contributed by atoms with Gasteiger partial charge in [-0.05, 0) is 17.6 Å². The standard InChI is InChI=1S/C9H8BF3N.K/c1-14-6-8(10(11,12)13)7-4-2-3-5-9(7)14;/h2-6H,1H3;/q-1;+1. The predicted octanol–water partition coefficient (Wildman–Crippen LogP) is -0.763. The van der Waals surface area contributed by atoms with Crippen LogP contribution >= 0.6 is 0 Å². The number of benzene rings is 1. The van der Waals surface area contributed by atoms with Crippen LogP contribution in [0.1, 0.15) is 0 Å². The zero-order chi connectivity index (χ0) is 10.3. The van der Waals surface area contributed by atoms with Gasteiger partial charge in [0.1, 0.15) is 0 Å². The minimum absolute atomic E-state index is 0. The molecule has 0 aliphatic heterocycles. The fourth-order valence-electron chi connectivity index (χ4n) is 1.63. The van der Waals surface area contributed by atoms with E-state index in [1.165, 1.54) is 10.6 Å². The van der Waals surface area contributed by atoms with Crippen molar-refractivity contribution in [2.75, 3.05) is 0 Å². The Balaban J connectivity index is 0.00000112. The van der Waals surface area contributed by atoms with Gasteiger partial charge < -0.3 is 17.5 Å². The third kappa shape index (κ3) is 2.50. The minimum atomic E-state index is -4.92. The predicted molar refractivity (Wildman–Crippen MR) is 51.6 cm³/mol. The summed E-state index contributed by atoms with van der Waals surface area (Å²) >= 11 is 0. The van der Waals surface area contributed by atoms with Crippen molar-refractivity contribution in [1.82, 2.24) is 4.57 Å². The Morgan fingerprint density at radius 3 is 2.33 bits per heavy atom. The molecule has 0 aliphatic carbocycles. The Bertz CT molecular complexity index is 478. The number of aryl methyl sites for hydroxylation is 1. The zero-order valence-corrected chi connectivity index (χ0v) is 11.7. The van der Waals surface area contributed by atoms with Crippen molar-refractivity contribution in [3.05, 3.63) is 30.5 Å². The van der Waals surface area contributed by atoms with Crippen LogP contribution in [0.5, 0.6) is 0 Å². The Hall–Kier alpha value is 0.251. The minimum Gasteiger partial charge on any atom is -0.445 e. The summed E-state index contributed by atoms with van der Waals surface area (Å²) in [7, 11) is 1.62. The van der Waals surface area contributed by atoms with Gasteiger partial charge in [-0.15, -0.1) is 0 Å². The van der Waals surface area contributed by atoms with Crippen LogP contribution in [0.4, 0.5) is 12.9 Å². The smallest absolute Gasteiger partial charge is 0.445 e. The molecule has 0 radical (unpaired) electrons. The average molecular weight is 237 g/mol. The number of fused-ring (bicyclic) bond motifs is 1. The van der Waals surface area contributed by atoms with E-state index in [9.17, 15) is 12.9 Å². The van der Waals surface area contributed by atoms with Gasteiger partial charge in [0.15, 0.2) is 0 Å². The quantitative estimate of drug-likeness (QED) is 0.574. The Labute approximate surface area is 128 Å². The number of para-hydroxylation sites is 1. The number of hydrogen-bond acceptors (Lipinski definition) is 0. The molecule has 1 aromatic carbocycles. The molecule has 0 spiro atoms. The second-order valence-electron chi connectivity index (χ2n) is 3.29. The van der Waals surface area contributed by atoms with E-state index in [2.05, 4.69) is 0 Å². The van der Waals surface area contributed by atoms with Crippen molar-refractivity contribution < 1.29 is 64.3 Å². The van der Waals surface area contributed by atoms with Crippen molar-refractivity contribution >= 4 is 23.3 Å². The van der Waals surface area contributed by atoms with Gasteiger partial charge in [-0.1, -0.05) is 23.7 Å². The van der Waals surface area contributed by atoms with E-state index in [0.717, 1.165) is 6.20 Å². The van der Waals surface area contributed by atoms with E-state index >= 15 is 0 Å². The molecule has 0 fully saturated rings. The van der Waals surface area contributed by atoms with Gasteiger partial charge >= 0.3 is 58.4 Å². The van der Waals surface area contributed by atoms with E-state index in [4.69, 9.17) is 0 Å². The summed E-state index contributed by atoms with van der Waals surface area (Å²) in [5.41, 5.74) is 0.102. The summed E-state index contributed by atoms with van der Waals surface area (Å²) < 4.78 is 39.2. The molecular formula is C9H8BF3KN. The molecule has 1 heterocycles. The zero-order valence-electron chi connectivity index (χ0n) is 8.55. The van der Waals surface area contributed by atoms with Crippen LogP contribution in [0, 0.1) is 0 Å². The van der Waals surface area contributed by atoms with Crippen LogP contribution in [-0.4, -0.2) is 11.5 Å². The van der Waals surface area contributed by atoms with Gasteiger partial charge in [0, 0.05) is 12.6 Å². The summed E-state index contributed by atoms with van der Waals surface area (Å²) in [6, 6.07) is 6.53. The largest absolute Gasteiger partial charge is 1.00 e. The first-order valence-corrected chi connectivity index (χ1v) is 4.24. The van der Waals surface area contributed by atoms with Crippen LogP contribution in [0.2, 0.25) is 0 Å². The van der Waals surface area contributed by atoms with Crippen molar-refractivity contribution in [2.24, 2.45) is 7.05 Å². The molecule has 0 N–H and O–H groups in total. The second-order valence-corrected chi connectivity index (χ2v) is 3.29. The maximum Gasteiger partial charge on any atom is 1.00 e. The molecule has 0 saturated carbocycles. The Morgan fingerprint density at radius 2 is 1.73 bits per heavy atom. The number of hydrogen-bond donors (Lipinski definition) is 0. The van der Waals surface area contributed by atoms with Gasteiger partial charge in [0.05, 0.1) is 0 Å². The van der Waals surface area contributed by atoms with Gasteiger partial charge in [-0.25, -0.2) is 0 Å². The molecular weight excluding hydrogens is 229 g/mol. The van der Waals surface area contributed by atoms with Crippen LogP contribution in [0.3, 0.4) is 0 Å². The molecule has 0 atom stereocenters. The topological polar surface area (TPSA) is 4.93 Å². The summed E-state index contributed by atoms with van der Waals surface area (Å²) in [6.45, 7) is -4.92. The molecule has 2 rings (SSSR count). The van der Waals surface area contributed by atoms with Gasteiger partial charge in [-0.3, -0.25) is 0 Å². The molecule has 1 aromatic heterocycles. The third-order valence-corrected chi connectivity index (χ3v) is 2.28. The monoisotopic (exact) mass is 237 g/mol. The number of rotatable bonds is 1. The van der Waals surface area contributed by atoms with Crippen LogP contribution in [0.15, 0.2) is 30.5 Å². The molecule has 0 bridgehead atoms. The summed E-state index contributed by atoms with van der Waals surface area (Å²) in [5, 5.41) is 0.280. The SMILES string of the molecule is Cn1cc([B-](F)(F)F)c2ccccc21.[K+]. The number of nitrogens with zero attached hydrogens (tertiary/aromatic N) is 1. The van der Waals surface area contributed by atoms with Crippen molar-refractivity contribution in [2.45, 2.75) is 0 Å². The van der Waals surface area contributed by atoms with Gasteiger partial charge in [0.25, 0.3) is 0 Å². The molecule has 2 aromatic rings. The Morgan fingerprint density at radius 1 is 1.13 bits per heavy atom.